The average molecular weight is 432 g/mol. The second kappa shape index (κ2) is 7.78. The van der Waals surface area contributed by atoms with E-state index in [0.29, 0.717) is 17.0 Å². The lowest BCUT2D eigenvalue weighted by atomic mass is 10.0. The Morgan fingerprint density at radius 3 is 2.14 bits per heavy atom. The molecule has 0 fully saturated rings. The number of nitrogens with one attached hydrogen (secondary N) is 1. The molecule has 2 heterocycles. The predicted molar refractivity (Wildman–Crippen MR) is 91.4 cm³/mol. The normalized spacial score (nSPS) is 12.1. The number of nitrogens with zero attached hydrogens (tertiary/aromatic N) is 3. The summed E-state index contributed by atoms with van der Waals surface area (Å²) >= 11 is 0.924. The molecule has 152 valence electrons. The lowest BCUT2D eigenvalue weighted by molar-refractivity contribution is -0.143. The molecule has 29 heavy (non-hydrogen) atoms. The van der Waals surface area contributed by atoms with E-state index in [2.05, 4.69) is 20.3 Å². The Labute approximate surface area is 163 Å². The maximum absolute atomic E-state index is 12.9. The topological polar surface area (TPSA) is 67.8 Å². The number of hydrogen-bond donors (Lipinski definition) is 1. The van der Waals surface area contributed by atoms with Crippen LogP contribution >= 0.6 is 11.3 Å². The molecule has 0 spiro atoms. The number of anilines is 1. The molecular weight excluding hydrogens is 422 g/mol. The smallest absolute Gasteiger partial charge is 0.296 e. The molecule has 0 atom stereocenters. The molecule has 0 saturated carbocycles. The van der Waals surface area contributed by atoms with Crippen molar-refractivity contribution in [1.82, 2.24) is 15.0 Å². The van der Waals surface area contributed by atoms with Gasteiger partial charge in [-0.3, -0.25) is 15.1 Å². The zero-order valence-corrected chi connectivity index (χ0v) is 15.0. The van der Waals surface area contributed by atoms with Gasteiger partial charge < -0.3 is 0 Å². The number of carbonyl (C=O) groups excluding carboxylic acids is 1. The Kier molecular flexibility index (Phi) is 5.55. The average Bonchev–Trinajstić information content (AvgIpc) is 3.07. The minimum absolute atomic E-state index is 0.0250. The number of thiazole rings is 1. The van der Waals surface area contributed by atoms with E-state index in [0.717, 1.165) is 11.3 Å². The van der Waals surface area contributed by atoms with Crippen LogP contribution in [0.5, 0.6) is 0 Å². The first-order valence-corrected chi connectivity index (χ1v) is 8.64. The van der Waals surface area contributed by atoms with Gasteiger partial charge in [-0.2, -0.15) is 26.3 Å². The van der Waals surface area contributed by atoms with Crippen molar-refractivity contribution in [1.29, 1.82) is 0 Å². The maximum Gasteiger partial charge on any atom is 0.416 e. The van der Waals surface area contributed by atoms with Crippen LogP contribution in [0, 0.1) is 0 Å². The molecule has 2 aromatic heterocycles. The van der Waals surface area contributed by atoms with Crippen LogP contribution < -0.4 is 5.32 Å². The van der Waals surface area contributed by atoms with Gasteiger partial charge in [-0.05, 0) is 23.8 Å². The fraction of sp³-hybridized carbons (Fsp3) is 0.176. The number of amides is 1. The van der Waals surface area contributed by atoms with Gasteiger partial charge in [-0.1, -0.05) is 0 Å². The van der Waals surface area contributed by atoms with Crippen molar-refractivity contribution in [2.45, 2.75) is 18.8 Å². The summed E-state index contributed by atoms with van der Waals surface area (Å²) in [5.74, 6) is -0.600. The quantitative estimate of drug-likeness (QED) is 0.601. The summed E-state index contributed by atoms with van der Waals surface area (Å²) in [5, 5.41) is 2.57. The molecule has 0 bridgehead atoms. The highest BCUT2D eigenvalue weighted by molar-refractivity contribution is 7.15. The molecule has 0 saturated heterocycles. The van der Waals surface area contributed by atoms with Crippen LogP contribution in [-0.4, -0.2) is 20.9 Å². The van der Waals surface area contributed by atoms with Crippen LogP contribution in [0.15, 0.2) is 43.0 Å². The van der Waals surface area contributed by atoms with Crippen LogP contribution in [0.4, 0.5) is 31.5 Å². The van der Waals surface area contributed by atoms with Gasteiger partial charge in [-0.15, -0.1) is 11.3 Å². The zero-order chi connectivity index (χ0) is 21.2. The molecule has 0 aliphatic heterocycles. The summed E-state index contributed by atoms with van der Waals surface area (Å²) in [4.78, 5) is 23.8. The Hall–Kier alpha value is -3.02. The fourth-order valence-electron chi connectivity index (χ4n) is 2.35. The highest BCUT2D eigenvalue weighted by Gasteiger charge is 2.36. The third kappa shape index (κ3) is 5.28. The molecule has 1 amide bonds. The fourth-order valence-corrected chi connectivity index (χ4v) is 3.19. The van der Waals surface area contributed by atoms with E-state index in [-0.39, 0.29) is 28.9 Å². The third-order valence-electron chi connectivity index (χ3n) is 3.60. The summed E-state index contributed by atoms with van der Waals surface area (Å²) in [7, 11) is 0. The van der Waals surface area contributed by atoms with Gasteiger partial charge in [0, 0.05) is 29.9 Å². The number of halogens is 6. The van der Waals surface area contributed by atoms with Crippen molar-refractivity contribution >= 4 is 22.4 Å². The highest BCUT2D eigenvalue weighted by atomic mass is 32.1. The molecule has 3 rings (SSSR count). The molecule has 0 unspecified atom stereocenters. The molecule has 0 aliphatic rings. The number of benzene rings is 1. The summed E-state index contributed by atoms with van der Waals surface area (Å²) in [6, 6.07) is 1.39. The van der Waals surface area contributed by atoms with Crippen molar-refractivity contribution in [3.05, 3.63) is 70.2 Å². The first-order valence-electron chi connectivity index (χ1n) is 7.83. The van der Waals surface area contributed by atoms with Crippen LogP contribution in [0.1, 0.15) is 32.1 Å². The van der Waals surface area contributed by atoms with Crippen LogP contribution in [0.25, 0.3) is 0 Å². The van der Waals surface area contributed by atoms with Gasteiger partial charge in [-0.25, -0.2) is 9.97 Å². The summed E-state index contributed by atoms with van der Waals surface area (Å²) < 4.78 is 77.7. The molecule has 5 nitrogen and oxygen atoms in total. The number of alkyl halides is 6. The SMILES string of the molecule is O=C(Nc1ncc(Cc2cc(C(F)(F)F)cc(C(F)(F)F)c2)s1)c1cnccn1. The molecule has 12 heteroatoms. The van der Waals surface area contributed by atoms with E-state index < -0.39 is 29.4 Å². The Balaban J connectivity index is 1.81. The van der Waals surface area contributed by atoms with Gasteiger partial charge in [0.05, 0.1) is 17.3 Å². The number of hydrogen-bond acceptors (Lipinski definition) is 5. The van der Waals surface area contributed by atoms with E-state index in [1.165, 1.54) is 24.8 Å². The zero-order valence-electron chi connectivity index (χ0n) is 14.2. The van der Waals surface area contributed by atoms with Crippen molar-refractivity contribution in [2.75, 3.05) is 5.32 Å². The summed E-state index contributed by atoms with van der Waals surface area (Å²) in [6.07, 6.45) is -4.86. The van der Waals surface area contributed by atoms with E-state index >= 15 is 0 Å². The Bertz CT molecular complexity index is 985. The lowest BCUT2D eigenvalue weighted by Gasteiger charge is -2.13. The third-order valence-corrected chi connectivity index (χ3v) is 4.51. The molecule has 0 aliphatic carbocycles. The standard InChI is InChI=1S/C17H10F6N4OS/c18-16(19,20)10-3-9(4-11(6-10)17(21,22)23)5-12-7-26-15(29-12)27-14(28)13-8-24-1-2-25-13/h1-4,6-8H,5H2,(H,26,27,28). The van der Waals surface area contributed by atoms with Crippen molar-refractivity contribution < 1.29 is 31.1 Å². The molecule has 3 aromatic rings. The predicted octanol–water partition coefficient (Wildman–Crippen LogP) is 4.81. The lowest BCUT2D eigenvalue weighted by Crippen LogP contribution is -2.13. The second-order valence-corrected chi connectivity index (χ2v) is 6.88. The van der Waals surface area contributed by atoms with Gasteiger partial charge in [0.15, 0.2) is 5.13 Å². The Morgan fingerprint density at radius 2 is 1.59 bits per heavy atom. The van der Waals surface area contributed by atoms with Crippen LogP contribution in [-0.2, 0) is 18.8 Å². The summed E-state index contributed by atoms with van der Waals surface area (Å²) in [6.45, 7) is 0. The highest BCUT2D eigenvalue weighted by Crippen LogP contribution is 2.37. The number of carbonyl (C=O) groups is 1. The largest absolute Gasteiger partial charge is 0.416 e. The summed E-state index contributed by atoms with van der Waals surface area (Å²) in [5.41, 5.74) is -2.93. The molecule has 1 N–H and O–H groups in total. The van der Waals surface area contributed by atoms with Gasteiger partial charge in [0.1, 0.15) is 5.69 Å². The minimum atomic E-state index is -4.92. The Morgan fingerprint density at radius 1 is 0.931 bits per heavy atom. The number of aromatic nitrogens is 3. The van der Waals surface area contributed by atoms with Crippen molar-refractivity contribution in [3.8, 4) is 0 Å². The molecular formula is C17H10F6N4OS. The van der Waals surface area contributed by atoms with Gasteiger partial charge >= 0.3 is 12.4 Å². The van der Waals surface area contributed by atoms with Crippen molar-refractivity contribution in [2.24, 2.45) is 0 Å². The minimum Gasteiger partial charge on any atom is -0.296 e. The first kappa shape index (κ1) is 20.7. The van der Waals surface area contributed by atoms with Crippen LogP contribution in [0.2, 0.25) is 0 Å². The van der Waals surface area contributed by atoms with Gasteiger partial charge in [0.25, 0.3) is 5.91 Å². The van der Waals surface area contributed by atoms with Gasteiger partial charge in [0.2, 0.25) is 0 Å². The number of rotatable bonds is 4. The maximum atomic E-state index is 12.9. The monoisotopic (exact) mass is 432 g/mol. The van der Waals surface area contributed by atoms with E-state index in [1.807, 2.05) is 0 Å². The second-order valence-electron chi connectivity index (χ2n) is 5.77. The van der Waals surface area contributed by atoms with E-state index in [1.54, 1.807) is 0 Å². The first-order chi connectivity index (χ1) is 13.5. The van der Waals surface area contributed by atoms with Crippen LogP contribution in [0.3, 0.4) is 0 Å². The van der Waals surface area contributed by atoms with E-state index in [4.69, 9.17) is 0 Å². The van der Waals surface area contributed by atoms with E-state index in [9.17, 15) is 31.1 Å². The van der Waals surface area contributed by atoms with Crippen molar-refractivity contribution in [3.63, 3.8) is 0 Å². The molecule has 0 radical (unpaired) electrons. The molecule has 1 aromatic carbocycles.